The van der Waals surface area contributed by atoms with Crippen LogP contribution in [0.25, 0.3) is 0 Å². The molecule has 1 atom stereocenters. The van der Waals surface area contributed by atoms with E-state index >= 15 is 0 Å². The molecule has 0 spiro atoms. The topological polar surface area (TPSA) is 49.9 Å². The van der Waals surface area contributed by atoms with Crippen LogP contribution >= 0.6 is 11.3 Å². The molecule has 2 fully saturated rings. The summed E-state index contributed by atoms with van der Waals surface area (Å²) < 4.78 is 5.13. The molecule has 1 aromatic rings. The maximum absolute atomic E-state index is 12.8. The second kappa shape index (κ2) is 6.79. The Hall–Kier alpha value is -1.40. The molecule has 1 aromatic heterocycles. The standard InChI is InChI=1S/C16H22N2O3S/c1-21-7-6-17(11-14-3-2-8-22-14)16(20)12-9-15(19)18(10-12)13-4-5-13/h2-3,8,12-13H,4-7,9-11H2,1H3/t12-/m1/s1. The Morgan fingerprint density at radius 3 is 2.95 bits per heavy atom. The minimum absolute atomic E-state index is 0.0851. The van der Waals surface area contributed by atoms with Gasteiger partial charge in [-0.2, -0.15) is 0 Å². The molecule has 1 aliphatic heterocycles. The molecule has 1 saturated carbocycles. The van der Waals surface area contributed by atoms with Crippen molar-refractivity contribution in [3.63, 3.8) is 0 Å². The van der Waals surface area contributed by atoms with Crippen LogP contribution in [0.5, 0.6) is 0 Å². The van der Waals surface area contributed by atoms with Crippen LogP contribution in [0.2, 0.25) is 0 Å². The number of methoxy groups -OCH3 is 1. The number of hydrogen-bond donors (Lipinski definition) is 0. The Bertz CT molecular complexity index is 528. The molecule has 6 heteroatoms. The average molecular weight is 322 g/mol. The van der Waals surface area contributed by atoms with Gasteiger partial charge in [-0.25, -0.2) is 0 Å². The lowest BCUT2D eigenvalue weighted by Crippen LogP contribution is -2.39. The Labute approximate surface area is 134 Å². The molecule has 2 heterocycles. The second-order valence-electron chi connectivity index (χ2n) is 6.01. The molecule has 0 aromatic carbocycles. The number of carbonyl (C=O) groups excluding carboxylic acids is 2. The molecule has 120 valence electrons. The van der Waals surface area contributed by atoms with E-state index < -0.39 is 0 Å². The van der Waals surface area contributed by atoms with Crippen molar-refractivity contribution in [3.05, 3.63) is 22.4 Å². The molecule has 1 saturated heterocycles. The summed E-state index contributed by atoms with van der Waals surface area (Å²) in [4.78, 5) is 29.8. The van der Waals surface area contributed by atoms with E-state index in [9.17, 15) is 9.59 Å². The number of carbonyl (C=O) groups is 2. The van der Waals surface area contributed by atoms with E-state index in [1.165, 1.54) is 0 Å². The number of thiophene rings is 1. The van der Waals surface area contributed by atoms with Gasteiger partial charge in [-0.1, -0.05) is 6.07 Å². The minimum Gasteiger partial charge on any atom is -0.383 e. The summed E-state index contributed by atoms with van der Waals surface area (Å²) in [6.07, 6.45) is 2.55. The monoisotopic (exact) mass is 322 g/mol. The molecule has 22 heavy (non-hydrogen) atoms. The van der Waals surface area contributed by atoms with Gasteiger partial charge in [0.05, 0.1) is 19.1 Å². The first-order valence-corrected chi connectivity index (χ1v) is 8.66. The molecule has 0 radical (unpaired) electrons. The van der Waals surface area contributed by atoms with Crippen molar-refractivity contribution in [2.45, 2.75) is 31.8 Å². The molecule has 0 unspecified atom stereocenters. The summed E-state index contributed by atoms with van der Waals surface area (Å²) in [5.74, 6) is 0.0375. The van der Waals surface area contributed by atoms with Gasteiger partial charge < -0.3 is 14.5 Å². The highest BCUT2D eigenvalue weighted by Crippen LogP contribution is 2.33. The van der Waals surface area contributed by atoms with Gasteiger partial charge in [-0.15, -0.1) is 11.3 Å². The van der Waals surface area contributed by atoms with Gasteiger partial charge in [0.2, 0.25) is 11.8 Å². The fourth-order valence-corrected chi connectivity index (χ4v) is 3.67. The van der Waals surface area contributed by atoms with Gasteiger partial charge in [0.25, 0.3) is 0 Å². The van der Waals surface area contributed by atoms with E-state index in [0.29, 0.717) is 38.7 Å². The van der Waals surface area contributed by atoms with Gasteiger partial charge in [-0.3, -0.25) is 9.59 Å². The third-order valence-electron chi connectivity index (χ3n) is 4.30. The minimum atomic E-state index is -0.190. The normalized spacial score (nSPS) is 21.4. The number of hydrogen-bond acceptors (Lipinski definition) is 4. The predicted octanol–water partition coefficient (Wildman–Crippen LogP) is 1.73. The predicted molar refractivity (Wildman–Crippen MR) is 84.5 cm³/mol. The van der Waals surface area contributed by atoms with E-state index in [1.54, 1.807) is 18.4 Å². The van der Waals surface area contributed by atoms with Crippen molar-refractivity contribution in [3.8, 4) is 0 Å². The first kappa shape index (κ1) is 15.5. The van der Waals surface area contributed by atoms with Gasteiger partial charge >= 0.3 is 0 Å². The van der Waals surface area contributed by atoms with Crippen LogP contribution in [0.15, 0.2) is 17.5 Å². The first-order chi connectivity index (χ1) is 10.7. The number of likely N-dealkylation sites (tertiary alicyclic amines) is 1. The van der Waals surface area contributed by atoms with Crippen molar-refractivity contribution < 1.29 is 14.3 Å². The summed E-state index contributed by atoms with van der Waals surface area (Å²) in [6, 6.07) is 4.43. The Kier molecular flexibility index (Phi) is 4.78. The Morgan fingerprint density at radius 1 is 1.50 bits per heavy atom. The summed E-state index contributed by atoms with van der Waals surface area (Å²) >= 11 is 1.65. The second-order valence-corrected chi connectivity index (χ2v) is 7.04. The van der Waals surface area contributed by atoms with Gasteiger partial charge in [-0.05, 0) is 24.3 Å². The lowest BCUT2D eigenvalue weighted by Gasteiger charge is -2.25. The highest BCUT2D eigenvalue weighted by molar-refractivity contribution is 7.09. The maximum atomic E-state index is 12.8. The highest BCUT2D eigenvalue weighted by Gasteiger charge is 2.42. The van der Waals surface area contributed by atoms with Gasteiger partial charge in [0.15, 0.2) is 0 Å². The van der Waals surface area contributed by atoms with Crippen molar-refractivity contribution in [1.29, 1.82) is 0 Å². The Balaban J connectivity index is 1.64. The number of rotatable bonds is 7. The van der Waals surface area contributed by atoms with Crippen molar-refractivity contribution in [1.82, 2.24) is 9.80 Å². The number of nitrogens with zero attached hydrogens (tertiary/aromatic N) is 2. The molecule has 2 aliphatic rings. The maximum Gasteiger partial charge on any atom is 0.228 e. The summed E-state index contributed by atoms with van der Waals surface area (Å²) in [5.41, 5.74) is 0. The zero-order chi connectivity index (χ0) is 15.5. The lowest BCUT2D eigenvalue weighted by molar-refractivity contribution is -0.137. The van der Waals surface area contributed by atoms with Crippen LogP contribution in [0.3, 0.4) is 0 Å². The van der Waals surface area contributed by atoms with E-state index in [4.69, 9.17) is 4.74 Å². The van der Waals surface area contributed by atoms with Crippen molar-refractivity contribution in [2.24, 2.45) is 5.92 Å². The summed E-state index contributed by atoms with van der Waals surface area (Å²) in [5, 5.41) is 2.02. The van der Waals surface area contributed by atoms with Crippen molar-refractivity contribution in [2.75, 3.05) is 26.8 Å². The molecular weight excluding hydrogens is 300 g/mol. The van der Waals surface area contributed by atoms with Crippen LogP contribution in [0.4, 0.5) is 0 Å². The van der Waals surface area contributed by atoms with Crippen molar-refractivity contribution >= 4 is 23.2 Å². The molecule has 0 bridgehead atoms. The quantitative estimate of drug-likeness (QED) is 0.768. The zero-order valence-corrected chi connectivity index (χ0v) is 13.7. The van der Waals surface area contributed by atoms with Gasteiger partial charge in [0.1, 0.15) is 0 Å². The first-order valence-electron chi connectivity index (χ1n) is 7.78. The van der Waals surface area contributed by atoms with Crippen LogP contribution in [-0.2, 0) is 20.9 Å². The number of amides is 2. The van der Waals surface area contributed by atoms with Crippen LogP contribution in [0.1, 0.15) is 24.1 Å². The summed E-state index contributed by atoms with van der Waals surface area (Å²) in [6.45, 7) is 2.29. The van der Waals surface area contributed by atoms with Crippen LogP contribution < -0.4 is 0 Å². The van der Waals surface area contributed by atoms with Crippen LogP contribution in [-0.4, -0.2) is 54.5 Å². The van der Waals surface area contributed by atoms with Crippen LogP contribution in [0, 0.1) is 5.92 Å². The lowest BCUT2D eigenvalue weighted by atomic mass is 10.1. The highest BCUT2D eigenvalue weighted by atomic mass is 32.1. The SMILES string of the molecule is COCCN(Cc1cccs1)C(=O)[C@@H]1CC(=O)N(C2CC2)C1. The molecule has 2 amide bonds. The van der Waals surface area contributed by atoms with Gasteiger partial charge in [0, 0.05) is 37.5 Å². The molecular formula is C16H22N2O3S. The number of ether oxygens (including phenoxy) is 1. The molecule has 5 nitrogen and oxygen atoms in total. The van der Waals surface area contributed by atoms with E-state index in [-0.39, 0.29) is 17.7 Å². The zero-order valence-electron chi connectivity index (χ0n) is 12.9. The smallest absolute Gasteiger partial charge is 0.228 e. The third-order valence-corrected chi connectivity index (χ3v) is 5.16. The molecule has 1 aliphatic carbocycles. The average Bonchev–Trinajstić information content (AvgIpc) is 3.08. The van der Waals surface area contributed by atoms with E-state index in [2.05, 4.69) is 0 Å². The Morgan fingerprint density at radius 2 is 2.32 bits per heavy atom. The largest absolute Gasteiger partial charge is 0.383 e. The van der Waals surface area contributed by atoms with E-state index in [1.807, 2.05) is 27.3 Å². The van der Waals surface area contributed by atoms with E-state index in [0.717, 1.165) is 17.7 Å². The fraction of sp³-hybridized carbons (Fsp3) is 0.625. The molecule has 0 N–H and O–H groups in total. The third kappa shape index (κ3) is 3.50. The summed E-state index contributed by atoms with van der Waals surface area (Å²) in [7, 11) is 1.64. The fourth-order valence-electron chi connectivity index (χ4n) is 2.95. The molecule has 3 rings (SSSR count).